The molecule has 0 saturated carbocycles. The molecule has 0 bridgehead atoms. The molecular weight excluding hydrogens is 1580 g/mol. The van der Waals surface area contributed by atoms with Crippen molar-refractivity contribution in [1.82, 2.24) is 9.80 Å². The zero-order valence-corrected chi connectivity index (χ0v) is 71.4. The van der Waals surface area contributed by atoms with E-state index in [1.807, 2.05) is 105 Å². The van der Waals surface area contributed by atoms with Gasteiger partial charge in [-0.05, 0) is 192 Å². The molecule has 0 amide bonds. The molecule has 11 aromatic carbocycles. The number of phenolic OH excluding ortho intramolecular Hbond substituents is 4. The van der Waals surface area contributed by atoms with Gasteiger partial charge < -0.3 is 106 Å². The van der Waals surface area contributed by atoms with Gasteiger partial charge in [-0.1, -0.05) is 212 Å². The highest BCUT2D eigenvalue weighted by atomic mass is 16.6. The Balaban J connectivity index is 0.000000522. The number of carbonyl (C=O) groups excluding carboxylic acids is 2. The molecule has 4 heterocycles. The molecule has 11 aromatic rings. The Kier molecular flexibility index (Phi) is 48.4. The van der Waals surface area contributed by atoms with Gasteiger partial charge in [0, 0.05) is 100 Å². The summed E-state index contributed by atoms with van der Waals surface area (Å²) in [5.74, 6) is 5.08. The fraction of sp³-hybridized carbons (Fsp3) is 0.333. The van der Waals surface area contributed by atoms with Crippen LogP contribution in [-0.2, 0) is 66.9 Å². The van der Waals surface area contributed by atoms with Crippen molar-refractivity contribution < 1.29 is 78.9 Å². The zero-order valence-electron chi connectivity index (χ0n) is 71.4. The van der Waals surface area contributed by atoms with E-state index in [4.69, 9.17) is 66.2 Å². The van der Waals surface area contributed by atoms with Crippen LogP contribution >= 0.6 is 0 Å². The molecule has 678 valence electrons. The molecule has 14 N–H and O–H groups in total. The molecular formula is C102H139N7O16. The Morgan fingerprint density at radius 3 is 0.768 bits per heavy atom. The molecule has 0 aromatic heterocycles. The number of ether oxygens (including phenoxy) is 6. The van der Waals surface area contributed by atoms with Crippen LogP contribution in [0.1, 0.15) is 152 Å². The van der Waals surface area contributed by atoms with Gasteiger partial charge in [0.1, 0.15) is 86.6 Å². The molecule has 23 heteroatoms. The Morgan fingerprint density at radius 2 is 0.552 bits per heavy atom. The molecule has 0 aliphatic carbocycles. The summed E-state index contributed by atoms with van der Waals surface area (Å²) in [7, 11) is 4.17. The van der Waals surface area contributed by atoms with Gasteiger partial charge in [-0.2, -0.15) is 0 Å². The molecule has 15 rings (SSSR count). The fourth-order valence-corrected chi connectivity index (χ4v) is 13.3. The minimum atomic E-state index is -0.305. The van der Waals surface area contributed by atoms with Crippen molar-refractivity contribution in [3.63, 3.8) is 0 Å². The van der Waals surface area contributed by atoms with Crippen LogP contribution < -0.4 is 45.9 Å². The van der Waals surface area contributed by atoms with Gasteiger partial charge >= 0.3 is 0 Å². The number of carbonyl (C=O) groups is 2. The monoisotopic (exact) mass is 1720 g/mol. The number of phenols is 4. The summed E-state index contributed by atoms with van der Waals surface area (Å²) in [5, 5.41) is 68.8. The van der Waals surface area contributed by atoms with E-state index in [2.05, 4.69) is 220 Å². The number of aliphatic hydroxyl groups is 4. The minimum absolute atomic E-state index is 0. The highest BCUT2D eigenvalue weighted by molar-refractivity contribution is 5.56. The number of para-hydroxylation sites is 3. The van der Waals surface area contributed by atoms with Gasteiger partial charge in [0.25, 0.3) is 0 Å². The normalized spacial score (nSPS) is 12.6. The lowest BCUT2D eigenvalue weighted by atomic mass is 9.77. The Morgan fingerprint density at radius 1 is 0.328 bits per heavy atom. The number of hydrogen-bond donors (Lipinski definition) is 11. The van der Waals surface area contributed by atoms with Crippen LogP contribution in [0.5, 0.6) is 46.0 Å². The maximum absolute atomic E-state index is 9.30. The van der Waals surface area contributed by atoms with E-state index in [-0.39, 0.29) is 114 Å². The first-order valence-electron chi connectivity index (χ1n) is 39.7. The Bertz CT molecular complexity index is 4400. The van der Waals surface area contributed by atoms with Crippen molar-refractivity contribution in [2.45, 2.75) is 133 Å². The van der Waals surface area contributed by atoms with E-state index in [0.29, 0.717) is 40.0 Å². The van der Waals surface area contributed by atoms with Crippen molar-refractivity contribution in [2.75, 3.05) is 110 Å². The van der Waals surface area contributed by atoms with E-state index < -0.39 is 0 Å². The standard InChI is InChI=1S/C31H30N2O2.C21H26N2O2.2C15H16O2.C6H7N.2C3H8O3.C2H8N2.2CH2O.4CH4/c1-31(2,25-13-15-29-23(17-25)19-32(21-34-29)27-9-5-3-6-10-27)26-14-16-30-24(18-26)20-33(22-35-30)28-11-7-4-8-12-28;1-21(2,17-5-7-19-15(9-17)11-22(3)13-24-19)18-6-8-20-16(10-18)12-23(4)14-25-20;2*1-15(2,11-3-7-13(16)8-4-11)12-5-9-14(17)10-6-12;7-6-4-2-1-3-5-6;2*4-1-2-6-3-5;3-1-2-4;2*1-2;;;;/h3-18H,19-22H2,1-2H3;5-10H,11-14H2,1-4H3;2*3-10,16-17H,1-2H3;1-5H,7H2;2*4-5H,1-3H2;1-4H2;2*1H2;4*1H4. The lowest BCUT2D eigenvalue weighted by Gasteiger charge is -2.34. The maximum Gasteiger partial charge on any atom is 0.161 e. The van der Waals surface area contributed by atoms with Gasteiger partial charge in [-0.15, -0.1) is 0 Å². The summed E-state index contributed by atoms with van der Waals surface area (Å²) in [4.78, 5) is 24.9. The van der Waals surface area contributed by atoms with Crippen molar-refractivity contribution in [1.29, 1.82) is 0 Å². The predicted octanol–water partition coefficient (Wildman–Crippen LogP) is 17.4. The SMILES string of the molecule is C.C.C.C.C=O.C=O.CC(C)(c1ccc(O)cc1)c1ccc(O)cc1.CC(C)(c1ccc(O)cc1)c1ccc(O)cc1.CC(C)(c1ccc2c(c1)CN(c1ccccc1)CO2)c1ccc2c(c1)CN(c1ccccc1)CO2.CN1COc2ccc(C(C)(C)c3ccc4c(c3)CN(C)CO4)cc2C1.NCCN.Nc1ccccc1.OCCOCO.OCCOCO. The molecule has 0 saturated heterocycles. The average Bonchev–Trinajstić information content (AvgIpc) is 0.775. The van der Waals surface area contributed by atoms with E-state index in [1.165, 1.54) is 55.9 Å². The third-order valence-corrected chi connectivity index (χ3v) is 20.6. The maximum atomic E-state index is 9.30. The number of nitrogens with two attached hydrogens (primary N) is 3. The lowest BCUT2D eigenvalue weighted by Crippen LogP contribution is -2.32. The zero-order chi connectivity index (χ0) is 88.6. The van der Waals surface area contributed by atoms with E-state index >= 15 is 0 Å². The van der Waals surface area contributed by atoms with Gasteiger partial charge in [-0.3, -0.25) is 9.80 Å². The molecule has 4 aliphatic rings. The van der Waals surface area contributed by atoms with Crippen LogP contribution in [0, 0.1) is 0 Å². The second-order valence-corrected chi connectivity index (χ2v) is 30.7. The van der Waals surface area contributed by atoms with Crippen LogP contribution in [0.3, 0.4) is 0 Å². The lowest BCUT2D eigenvalue weighted by molar-refractivity contribution is -0.0987. The number of rotatable bonds is 17. The van der Waals surface area contributed by atoms with Gasteiger partial charge in [0.2, 0.25) is 0 Å². The summed E-state index contributed by atoms with van der Waals surface area (Å²) in [6.45, 7) is 28.6. The summed E-state index contributed by atoms with van der Waals surface area (Å²) in [6, 6.07) is 85.9. The second-order valence-electron chi connectivity index (χ2n) is 30.7. The number of nitrogens with zero attached hydrogens (tertiary/aromatic N) is 4. The van der Waals surface area contributed by atoms with Gasteiger partial charge in [0.15, 0.2) is 13.5 Å². The van der Waals surface area contributed by atoms with E-state index in [0.717, 1.165) is 77.1 Å². The van der Waals surface area contributed by atoms with E-state index in [9.17, 15) is 20.4 Å². The van der Waals surface area contributed by atoms with Gasteiger partial charge in [0.05, 0.1) is 26.4 Å². The number of aromatic hydroxyl groups is 4. The highest BCUT2D eigenvalue weighted by Crippen LogP contribution is 2.42. The number of fused-ring (bicyclic) bond motifs is 4. The molecule has 0 unspecified atom stereocenters. The molecule has 0 atom stereocenters. The van der Waals surface area contributed by atoms with Crippen LogP contribution in [0.2, 0.25) is 0 Å². The summed E-state index contributed by atoms with van der Waals surface area (Å²) in [5.41, 5.74) is 32.5. The number of anilines is 3. The smallest absolute Gasteiger partial charge is 0.161 e. The Labute approximate surface area is 743 Å². The highest BCUT2D eigenvalue weighted by Gasteiger charge is 2.31. The first-order valence-corrected chi connectivity index (χ1v) is 39.7. The van der Waals surface area contributed by atoms with E-state index in [1.54, 1.807) is 48.5 Å². The molecule has 23 nitrogen and oxygen atoms in total. The number of aliphatic hydroxyl groups excluding tert-OH is 4. The third-order valence-electron chi connectivity index (χ3n) is 20.6. The quantitative estimate of drug-likeness (QED) is 0.0229. The molecule has 4 aliphatic heterocycles. The van der Waals surface area contributed by atoms with Crippen molar-refractivity contribution in [3.8, 4) is 46.0 Å². The van der Waals surface area contributed by atoms with Crippen LogP contribution in [0.4, 0.5) is 17.1 Å². The molecule has 125 heavy (non-hydrogen) atoms. The van der Waals surface area contributed by atoms with Gasteiger partial charge in [-0.25, -0.2) is 0 Å². The summed E-state index contributed by atoms with van der Waals surface area (Å²) < 4.78 is 32.4. The number of hydrogen-bond acceptors (Lipinski definition) is 23. The second kappa shape index (κ2) is 55.4. The van der Waals surface area contributed by atoms with Crippen molar-refractivity contribution >= 4 is 30.6 Å². The number of benzene rings is 11. The minimum Gasteiger partial charge on any atom is -0.508 e. The summed E-state index contributed by atoms with van der Waals surface area (Å²) >= 11 is 0. The predicted molar refractivity (Wildman–Crippen MR) is 507 cm³/mol. The first-order chi connectivity index (χ1) is 58.1. The number of nitrogen functional groups attached to an aromatic ring is 1. The van der Waals surface area contributed by atoms with Crippen molar-refractivity contribution in [2.24, 2.45) is 11.5 Å². The van der Waals surface area contributed by atoms with Crippen molar-refractivity contribution in [3.05, 3.63) is 328 Å². The van der Waals surface area contributed by atoms with Crippen LogP contribution in [0.25, 0.3) is 0 Å². The summed E-state index contributed by atoms with van der Waals surface area (Å²) in [6.07, 6.45) is 0. The largest absolute Gasteiger partial charge is 0.508 e. The third kappa shape index (κ3) is 33.0. The fourth-order valence-electron chi connectivity index (χ4n) is 13.3. The van der Waals surface area contributed by atoms with Crippen LogP contribution in [0.15, 0.2) is 261 Å². The Hall–Kier alpha value is -11.8. The molecule has 0 fully saturated rings. The first kappa shape index (κ1) is 109. The topological polar surface area (TPSA) is 342 Å². The average molecular weight is 1720 g/mol. The molecule has 0 radical (unpaired) electrons. The molecule has 0 spiro atoms. The van der Waals surface area contributed by atoms with Crippen LogP contribution in [-0.4, -0.2) is 158 Å².